The summed E-state index contributed by atoms with van der Waals surface area (Å²) >= 11 is -1.41. The van der Waals surface area contributed by atoms with Gasteiger partial charge in [-0.25, -0.2) is 9.52 Å². The molecule has 5 heteroatoms. The van der Waals surface area contributed by atoms with Gasteiger partial charge in [0.1, 0.15) is 11.4 Å². The van der Waals surface area contributed by atoms with Crippen LogP contribution >= 0.6 is 0 Å². The number of aromatic carboxylic acids is 1. The third kappa shape index (κ3) is 3.49. The second-order valence-electron chi connectivity index (χ2n) is 4.07. The summed E-state index contributed by atoms with van der Waals surface area (Å²) in [6.07, 6.45) is 0. The van der Waals surface area contributed by atoms with E-state index in [0.717, 1.165) is 5.56 Å². The van der Waals surface area contributed by atoms with E-state index in [-0.39, 0.29) is 5.56 Å². The summed E-state index contributed by atoms with van der Waals surface area (Å²) in [7, 11) is 0. The van der Waals surface area contributed by atoms with Crippen LogP contribution in [-0.4, -0.2) is 15.6 Å². The van der Waals surface area contributed by atoms with Crippen LogP contribution in [0.3, 0.4) is 0 Å². The fourth-order valence-corrected chi connectivity index (χ4v) is 2.39. The van der Waals surface area contributed by atoms with Crippen molar-refractivity contribution < 1.29 is 14.5 Å². The molecule has 2 aromatic rings. The van der Waals surface area contributed by atoms with Gasteiger partial charge in [0, 0.05) is 0 Å². The van der Waals surface area contributed by atoms with Gasteiger partial charge < -0.3 is 9.66 Å². The Kier molecular flexibility index (Phi) is 4.09. The Morgan fingerprint density at radius 1 is 1.21 bits per heavy atom. The minimum Gasteiger partial charge on any atom is -0.588 e. The lowest BCUT2D eigenvalue weighted by atomic mass is 10.2. The summed E-state index contributed by atoms with van der Waals surface area (Å²) in [6.45, 7) is 1.95. The van der Waals surface area contributed by atoms with Gasteiger partial charge in [0.2, 0.25) is 0 Å². The van der Waals surface area contributed by atoms with Crippen LogP contribution in [0.15, 0.2) is 53.4 Å². The average molecular weight is 275 g/mol. The van der Waals surface area contributed by atoms with Crippen LogP contribution in [0, 0.1) is 6.92 Å². The largest absolute Gasteiger partial charge is 0.588 e. The minimum absolute atomic E-state index is 0.158. The van der Waals surface area contributed by atoms with E-state index in [1.54, 1.807) is 24.3 Å². The van der Waals surface area contributed by atoms with E-state index in [1.807, 2.05) is 19.1 Å². The maximum absolute atomic E-state index is 12.1. The van der Waals surface area contributed by atoms with Crippen LogP contribution in [0.5, 0.6) is 0 Å². The Morgan fingerprint density at radius 3 is 2.53 bits per heavy atom. The van der Waals surface area contributed by atoms with Gasteiger partial charge in [-0.15, -0.1) is 0 Å². The van der Waals surface area contributed by atoms with Gasteiger partial charge in [0.05, 0.1) is 11.3 Å². The zero-order valence-electron chi connectivity index (χ0n) is 10.3. The molecule has 0 aliphatic carbocycles. The van der Waals surface area contributed by atoms with Crippen molar-refractivity contribution in [3.05, 3.63) is 59.7 Å². The standard InChI is InChI=1S/C14H13NO3S/c1-10-5-7-13(8-6-10)19(18)15-12-4-2-3-11(9-12)14(16)17/h2-9,15H,1H3,(H,16,17). The molecule has 4 nitrogen and oxygen atoms in total. The number of hydrogen-bond donors (Lipinski definition) is 2. The Hall–Kier alpha value is -1.98. The second-order valence-corrected chi connectivity index (χ2v) is 5.28. The third-order valence-electron chi connectivity index (χ3n) is 2.56. The summed E-state index contributed by atoms with van der Waals surface area (Å²) in [4.78, 5) is 11.5. The van der Waals surface area contributed by atoms with Gasteiger partial charge in [0.15, 0.2) is 4.90 Å². The van der Waals surface area contributed by atoms with E-state index >= 15 is 0 Å². The van der Waals surface area contributed by atoms with Crippen molar-refractivity contribution in [1.82, 2.24) is 0 Å². The summed E-state index contributed by atoms with van der Waals surface area (Å²) in [6, 6.07) is 13.5. The molecule has 0 aliphatic rings. The van der Waals surface area contributed by atoms with E-state index in [1.165, 1.54) is 12.1 Å². The lowest BCUT2D eigenvalue weighted by Gasteiger charge is -2.11. The first-order valence-electron chi connectivity index (χ1n) is 5.65. The number of aryl methyl sites for hydroxylation is 1. The molecule has 98 valence electrons. The second kappa shape index (κ2) is 5.77. The first-order valence-corrected chi connectivity index (χ1v) is 6.80. The molecule has 0 saturated carbocycles. The molecule has 2 N–H and O–H groups in total. The number of hydrogen-bond acceptors (Lipinski definition) is 3. The topological polar surface area (TPSA) is 72.4 Å². The molecule has 19 heavy (non-hydrogen) atoms. The van der Waals surface area contributed by atoms with Gasteiger partial charge in [0.25, 0.3) is 0 Å². The quantitative estimate of drug-likeness (QED) is 0.842. The lowest BCUT2D eigenvalue weighted by Crippen LogP contribution is -2.13. The zero-order chi connectivity index (χ0) is 13.8. The predicted octanol–water partition coefficient (Wildman–Crippen LogP) is 2.83. The number of nitrogens with one attached hydrogen (secondary N) is 1. The van der Waals surface area contributed by atoms with E-state index < -0.39 is 17.3 Å². The molecule has 2 rings (SSSR count). The third-order valence-corrected chi connectivity index (χ3v) is 3.68. The average Bonchev–Trinajstić information content (AvgIpc) is 2.39. The molecule has 0 fully saturated rings. The Bertz CT molecular complexity index is 583. The monoisotopic (exact) mass is 275 g/mol. The molecule has 0 aliphatic heterocycles. The van der Waals surface area contributed by atoms with Crippen LogP contribution in [0.25, 0.3) is 0 Å². The van der Waals surface area contributed by atoms with Gasteiger partial charge in [-0.05, 0) is 37.3 Å². The van der Waals surface area contributed by atoms with Gasteiger partial charge in [-0.3, -0.25) is 0 Å². The molecule has 0 aromatic heterocycles. The van der Waals surface area contributed by atoms with Gasteiger partial charge >= 0.3 is 5.97 Å². The van der Waals surface area contributed by atoms with Crippen LogP contribution in [0.2, 0.25) is 0 Å². The maximum atomic E-state index is 12.1. The summed E-state index contributed by atoms with van der Waals surface area (Å²) < 4.78 is 14.8. The highest BCUT2D eigenvalue weighted by Gasteiger charge is 2.12. The number of carbonyl (C=O) groups is 1. The predicted molar refractivity (Wildman–Crippen MR) is 74.6 cm³/mol. The normalized spacial score (nSPS) is 11.9. The fourth-order valence-electron chi connectivity index (χ4n) is 1.54. The Labute approximate surface area is 114 Å². The van der Waals surface area contributed by atoms with Gasteiger partial charge in [-0.2, -0.15) is 0 Å². The molecular weight excluding hydrogens is 262 g/mol. The number of anilines is 1. The SMILES string of the molecule is Cc1ccc([S+]([O-])Nc2cccc(C(=O)O)c2)cc1. The lowest BCUT2D eigenvalue weighted by molar-refractivity contribution is 0.0697. The summed E-state index contributed by atoms with van der Waals surface area (Å²) in [5, 5.41) is 8.89. The highest BCUT2D eigenvalue weighted by Crippen LogP contribution is 2.17. The highest BCUT2D eigenvalue weighted by molar-refractivity contribution is 7.92. The van der Waals surface area contributed by atoms with Crippen molar-refractivity contribution >= 4 is 23.0 Å². The number of benzene rings is 2. The first-order chi connectivity index (χ1) is 9.06. The van der Waals surface area contributed by atoms with E-state index in [2.05, 4.69) is 4.72 Å². The van der Waals surface area contributed by atoms with Gasteiger partial charge in [-0.1, -0.05) is 23.8 Å². The molecule has 0 radical (unpaired) electrons. The van der Waals surface area contributed by atoms with Crippen molar-refractivity contribution in [2.24, 2.45) is 0 Å². The highest BCUT2D eigenvalue weighted by atomic mass is 32.2. The van der Waals surface area contributed by atoms with Crippen LogP contribution in [-0.2, 0) is 11.4 Å². The molecule has 0 bridgehead atoms. The van der Waals surface area contributed by atoms with Crippen LogP contribution in [0.4, 0.5) is 5.69 Å². The maximum Gasteiger partial charge on any atom is 0.335 e. The number of carboxylic acids is 1. The van der Waals surface area contributed by atoms with Crippen LogP contribution in [0.1, 0.15) is 15.9 Å². The summed E-state index contributed by atoms with van der Waals surface area (Å²) in [5.41, 5.74) is 1.76. The van der Waals surface area contributed by atoms with Crippen molar-refractivity contribution in [2.45, 2.75) is 11.8 Å². The van der Waals surface area contributed by atoms with E-state index in [0.29, 0.717) is 10.6 Å². The summed E-state index contributed by atoms with van der Waals surface area (Å²) in [5.74, 6) is -1.01. The molecule has 1 atom stereocenters. The molecule has 0 amide bonds. The molecule has 0 spiro atoms. The molecular formula is C14H13NO3S. The molecule has 2 aromatic carbocycles. The van der Waals surface area contributed by atoms with Crippen molar-refractivity contribution in [2.75, 3.05) is 4.72 Å². The Morgan fingerprint density at radius 2 is 1.89 bits per heavy atom. The fraction of sp³-hybridized carbons (Fsp3) is 0.0714. The van der Waals surface area contributed by atoms with Crippen molar-refractivity contribution in [3.63, 3.8) is 0 Å². The van der Waals surface area contributed by atoms with Crippen molar-refractivity contribution in [1.29, 1.82) is 0 Å². The molecule has 1 unspecified atom stereocenters. The minimum atomic E-state index is -1.41. The molecule has 0 saturated heterocycles. The van der Waals surface area contributed by atoms with Crippen molar-refractivity contribution in [3.8, 4) is 0 Å². The number of rotatable bonds is 4. The van der Waals surface area contributed by atoms with E-state index in [4.69, 9.17) is 5.11 Å². The number of carboxylic acid groups (broad SMARTS) is 1. The zero-order valence-corrected chi connectivity index (χ0v) is 11.1. The molecule has 0 heterocycles. The first kappa shape index (κ1) is 13.5. The van der Waals surface area contributed by atoms with Crippen LogP contribution < -0.4 is 4.72 Å². The smallest absolute Gasteiger partial charge is 0.335 e. The Balaban J connectivity index is 2.14. The van der Waals surface area contributed by atoms with E-state index in [9.17, 15) is 9.35 Å².